The van der Waals surface area contributed by atoms with Crippen molar-refractivity contribution >= 4 is 82.8 Å². The third kappa shape index (κ3) is 28.4. The molecule has 1 rings (SSSR count). The predicted molar refractivity (Wildman–Crippen MR) is 273 cm³/mol. The topological polar surface area (TPSA) is 429 Å². The lowest BCUT2D eigenvalue weighted by molar-refractivity contribution is -0.142. The van der Waals surface area contributed by atoms with Gasteiger partial charge in [-0.25, -0.2) is 0 Å². The number of hydrogen-bond donors (Lipinski definition) is 13. The first-order valence-corrected chi connectivity index (χ1v) is 25.5. The Morgan fingerprint density at radius 3 is 1.85 bits per heavy atom. The van der Waals surface area contributed by atoms with Gasteiger partial charge in [0.25, 0.3) is 0 Å². The van der Waals surface area contributed by atoms with E-state index in [-0.39, 0.29) is 94.2 Å². The fourth-order valence-corrected chi connectivity index (χ4v) is 7.46. The van der Waals surface area contributed by atoms with Gasteiger partial charge in [-0.2, -0.15) is 11.8 Å². The smallest absolute Gasteiger partial charge is 0.249 e. The SMILES string of the molecule is CNC(=O)COCCNC(=O)CNC(=O)[C@H](C)NC(=O)[C@H](CSC)NC(=O)CNC(=O)[C@H](CC(C)C)NC(=O)[C@@H]1CCCN1C(=O)COCCNC(=O)[C@@H](CCCN=C(N)N)NC(=O)[C@H](C)CCCN=C(N)N. The summed E-state index contributed by atoms with van der Waals surface area (Å²) in [4.78, 5) is 138. The third-order valence-electron chi connectivity index (χ3n) is 10.8. The Labute approximate surface area is 430 Å². The highest BCUT2D eigenvalue weighted by Crippen LogP contribution is 2.19. The summed E-state index contributed by atoms with van der Waals surface area (Å²) >= 11 is 1.24. The molecule has 0 aromatic carbocycles. The second-order valence-electron chi connectivity index (χ2n) is 17.5. The predicted octanol–water partition coefficient (Wildman–Crippen LogP) is -5.67. The molecule has 0 aromatic rings. The number of carbonyl (C=O) groups is 10. The number of nitrogens with two attached hydrogens (primary N) is 4. The molecule has 6 atom stereocenters. The maximum absolute atomic E-state index is 13.6. The highest BCUT2D eigenvalue weighted by atomic mass is 32.2. The molecule has 0 aromatic heterocycles. The first kappa shape index (κ1) is 64.5. The molecule has 0 saturated carbocycles. The molecule has 1 saturated heterocycles. The molecule has 10 amide bonds. The number of nitrogens with zero attached hydrogens (tertiary/aromatic N) is 3. The average molecular weight is 1060 g/mol. The summed E-state index contributed by atoms with van der Waals surface area (Å²) in [6, 6.07) is -5.08. The van der Waals surface area contributed by atoms with E-state index in [9.17, 15) is 47.9 Å². The van der Waals surface area contributed by atoms with E-state index in [1.807, 2.05) is 13.8 Å². The fraction of sp³-hybridized carbons (Fsp3) is 0.727. The lowest BCUT2D eigenvalue weighted by atomic mass is 10.0. The number of carbonyl (C=O) groups excluding carboxylic acids is 10. The molecule has 1 fully saturated rings. The van der Waals surface area contributed by atoms with E-state index in [1.165, 1.54) is 30.6 Å². The minimum atomic E-state index is -1.10. The summed E-state index contributed by atoms with van der Waals surface area (Å²) in [6.45, 7) is 6.26. The van der Waals surface area contributed by atoms with Gasteiger partial charge in [0.05, 0.1) is 26.3 Å². The van der Waals surface area contributed by atoms with E-state index >= 15 is 0 Å². The van der Waals surface area contributed by atoms with Crippen molar-refractivity contribution in [2.75, 3.05) is 91.3 Å². The number of nitrogens with one attached hydrogen (secondary N) is 9. The summed E-state index contributed by atoms with van der Waals surface area (Å²) in [6.07, 6.45) is 4.40. The van der Waals surface area contributed by atoms with Crippen molar-refractivity contribution in [2.24, 2.45) is 44.8 Å². The minimum Gasteiger partial charge on any atom is -0.370 e. The Balaban J connectivity index is 2.71. The Morgan fingerprint density at radius 2 is 1.23 bits per heavy atom. The van der Waals surface area contributed by atoms with Gasteiger partial charge < -0.3 is 85.2 Å². The molecule has 414 valence electrons. The van der Waals surface area contributed by atoms with Gasteiger partial charge >= 0.3 is 0 Å². The van der Waals surface area contributed by atoms with E-state index in [1.54, 1.807) is 13.2 Å². The second-order valence-corrected chi connectivity index (χ2v) is 18.4. The van der Waals surface area contributed by atoms with Gasteiger partial charge in [-0.1, -0.05) is 20.8 Å². The van der Waals surface area contributed by atoms with Crippen LogP contribution in [0.2, 0.25) is 0 Å². The second kappa shape index (κ2) is 36.4. The molecule has 0 aliphatic carbocycles. The highest BCUT2D eigenvalue weighted by Gasteiger charge is 2.36. The van der Waals surface area contributed by atoms with Crippen LogP contribution in [0.25, 0.3) is 0 Å². The van der Waals surface area contributed by atoms with Crippen molar-refractivity contribution in [2.45, 2.75) is 103 Å². The first-order chi connectivity index (χ1) is 34.6. The largest absolute Gasteiger partial charge is 0.370 e. The zero-order valence-electron chi connectivity index (χ0n) is 42.9. The molecular weight excluding hydrogens is 977 g/mol. The van der Waals surface area contributed by atoms with Crippen molar-refractivity contribution in [3.8, 4) is 0 Å². The van der Waals surface area contributed by atoms with Crippen molar-refractivity contribution in [3.05, 3.63) is 0 Å². The van der Waals surface area contributed by atoms with Crippen molar-refractivity contribution in [1.82, 2.24) is 52.8 Å². The van der Waals surface area contributed by atoms with Crippen LogP contribution in [0.5, 0.6) is 0 Å². The van der Waals surface area contributed by atoms with Crippen LogP contribution in [0.3, 0.4) is 0 Å². The average Bonchev–Trinajstić information content (AvgIpc) is 3.84. The molecule has 73 heavy (non-hydrogen) atoms. The molecule has 1 aliphatic rings. The van der Waals surface area contributed by atoms with Gasteiger partial charge in [-0.3, -0.25) is 57.9 Å². The number of aliphatic imine (C=N–C) groups is 2. The summed E-state index contributed by atoms with van der Waals surface area (Å²) in [7, 11) is 1.46. The lowest BCUT2D eigenvalue weighted by Gasteiger charge is -2.27. The number of amides is 10. The van der Waals surface area contributed by atoms with Crippen LogP contribution in [-0.2, 0) is 57.4 Å². The van der Waals surface area contributed by atoms with Crippen molar-refractivity contribution < 1.29 is 57.4 Å². The first-order valence-electron chi connectivity index (χ1n) is 24.1. The number of rotatable bonds is 36. The molecule has 17 N–H and O–H groups in total. The van der Waals surface area contributed by atoms with Crippen LogP contribution >= 0.6 is 11.8 Å². The Hall–Kier alpha value is -6.49. The maximum atomic E-state index is 13.6. The summed E-state index contributed by atoms with van der Waals surface area (Å²) in [5.74, 6) is -5.99. The molecule has 0 spiro atoms. The monoisotopic (exact) mass is 1060 g/mol. The van der Waals surface area contributed by atoms with E-state index in [0.29, 0.717) is 38.6 Å². The number of ether oxygens (including phenoxy) is 2. The van der Waals surface area contributed by atoms with Crippen molar-refractivity contribution in [3.63, 3.8) is 0 Å². The number of likely N-dealkylation sites (N-methyl/N-ethyl adjacent to an activating group) is 1. The molecule has 0 unspecified atom stereocenters. The van der Waals surface area contributed by atoms with Gasteiger partial charge in [-0.05, 0) is 64.0 Å². The Kier molecular flexibility index (Phi) is 32.2. The van der Waals surface area contributed by atoms with Gasteiger partial charge in [0.15, 0.2) is 11.9 Å². The third-order valence-corrected chi connectivity index (χ3v) is 11.4. The van der Waals surface area contributed by atoms with E-state index < -0.39 is 103 Å². The van der Waals surface area contributed by atoms with Crippen LogP contribution in [-0.4, -0.2) is 197 Å². The van der Waals surface area contributed by atoms with Gasteiger partial charge in [-0.15, -0.1) is 0 Å². The van der Waals surface area contributed by atoms with Crippen LogP contribution in [0.15, 0.2) is 9.98 Å². The molecular formula is C44H80N16O12S. The lowest BCUT2D eigenvalue weighted by Crippen LogP contribution is -2.56. The Bertz CT molecular complexity index is 1890. The van der Waals surface area contributed by atoms with Gasteiger partial charge in [0.1, 0.15) is 43.4 Å². The number of likely N-dealkylation sites (tertiary alicyclic amines) is 1. The summed E-state index contributed by atoms with van der Waals surface area (Å²) in [5, 5.41) is 23.1. The van der Waals surface area contributed by atoms with E-state index in [2.05, 4.69) is 57.8 Å². The van der Waals surface area contributed by atoms with Crippen LogP contribution in [0, 0.1) is 11.8 Å². The van der Waals surface area contributed by atoms with Gasteiger partial charge in [0.2, 0.25) is 59.1 Å². The fourth-order valence-electron chi connectivity index (χ4n) is 6.89. The molecule has 29 heteroatoms. The van der Waals surface area contributed by atoms with E-state index in [0.717, 1.165) is 0 Å². The summed E-state index contributed by atoms with van der Waals surface area (Å²) in [5.41, 5.74) is 21.5. The van der Waals surface area contributed by atoms with Crippen LogP contribution < -0.4 is 70.8 Å². The zero-order valence-corrected chi connectivity index (χ0v) is 43.8. The molecule has 0 bridgehead atoms. The minimum absolute atomic E-state index is 0.00324. The quantitative estimate of drug-likeness (QED) is 0.0158. The van der Waals surface area contributed by atoms with Gasteiger partial charge in [0, 0.05) is 51.4 Å². The zero-order chi connectivity index (χ0) is 54.9. The Morgan fingerprint density at radius 1 is 0.644 bits per heavy atom. The van der Waals surface area contributed by atoms with Crippen LogP contribution in [0.1, 0.15) is 72.6 Å². The van der Waals surface area contributed by atoms with Crippen molar-refractivity contribution in [1.29, 1.82) is 0 Å². The van der Waals surface area contributed by atoms with Crippen LogP contribution in [0.4, 0.5) is 0 Å². The molecule has 1 heterocycles. The molecule has 28 nitrogen and oxygen atoms in total. The summed E-state index contributed by atoms with van der Waals surface area (Å²) < 4.78 is 10.7. The molecule has 0 radical (unpaired) electrons. The number of guanidine groups is 2. The standard InChI is InChI=1S/C44H80N16O12S/c1-26(2)20-30(40(68)55-22-34(62)57-31(25-73-6)41(69)56-28(4)38(66)54-21-33(61)50-15-18-71-23-35(63)49-5)59-42(70)32-12-9-17-60(32)36(64)24-72-19-16-51-39(67)29(11-8-14-53-44(47)48)58-37(65)27(3)10-7-13-52-43(45)46/h26-32H,7-25H2,1-6H3,(H,49,63)(H,50,61)(H,51,67)(H,54,66)(H,55,68)(H,56,69)(H,57,62)(H,58,65)(H,59,70)(H4,45,46,52)(H4,47,48,53)/t27-,28+,29-,30+,31+,32+/m1/s1. The number of thioether (sulfide) groups is 1. The molecule has 1 aliphatic heterocycles. The number of hydrogen-bond acceptors (Lipinski definition) is 15. The highest BCUT2D eigenvalue weighted by molar-refractivity contribution is 7.98. The maximum Gasteiger partial charge on any atom is 0.249 e. The normalized spacial score (nSPS) is 14.9. The van der Waals surface area contributed by atoms with E-state index in [4.69, 9.17) is 32.4 Å².